The number of anilines is 1. The SMILES string of the molecule is OC(CNCc1c(F)cccc1N1CCCC1)Cc1ccccc1. The molecule has 0 bridgehead atoms. The van der Waals surface area contributed by atoms with E-state index in [4.69, 9.17) is 0 Å². The van der Waals surface area contributed by atoms with Gasteiger partial charge in [-0.3, -0.25) is 0 Å². The number of nitrogens with zero attached hydrogens (tertiary/aromatic N) is 1. The highest BCUT2D eigenvalue weighted by atomic mass is 19.1. The molecule has 1 unspecified atom stereocenters. The van der Waals surface area contributed by atoms with Gasteiger partial charge in [0, 0.05) is 37.4 Å². The van der Waals surface area contributed by atoms with Crippen LogP contribution in [0.15, 0.2) is 48.5 Å². The fourth-order valence-corrected chi connectivity index (χ4v) is 3.30. The van der Waals surface area contributed by atoms with E-state index in [1.54, 1.807) is 6.07 Å². The Balaban J connectivity index is 1.56. The number of rotatable bonds is 7. The third kappa shape index (κ3) is 4.34. The van der Waals surface area contributed by atoms with Crippen LogP contribution in [-0.4, -0.2) is 30.8 Å². The lowest BCUT2D eigenvalue weighted by Gasteiger charge is -2.22. The number of hydrogen-bond acceptors (Lipinski definition) is 3. The maximum absolute atomic E-state index is 14.2. The summed E-state index contributed by atoms with van der Waals surface area (Å²) in [6.07, 6.45) is 2.46. The zero-order valence-corrected chi connectivity index (χ0v) is 13.9. The van der Waals surface area contributed by atoms with Crippen molar-refractivity contribution in [2.75, 3.05) is 24.5 Å². The molecule has 0 saturated carbocycles. The zero-order chi connectivity index (χ0) is 16.8. The predicted octanol–water partition coefficient (Wildman–Crippen LogP) is 3.12. The lowest BCUT2D eigenvalue weighted by atomic mass is 10.1. The lowest BCUT2D eigenvalue weighted by Crippen LogP contribution is -2.29. The summed E-state index contributed by atoms with van der Waals surface area (Å²) in [6, 6.07) is 15.2. The third-order valence-electron chi connectivity index (χ3n) is 4.54. The van der Waals surface area contributed by atoms with E-state index in [2.05, 4.69) is 10.2 Å². The number of benzene rings is 2. The topological polar surface area (TPSA) is 35.5 Å². The van der Waals surface area contributed by atoms with Gasteiger partial charge in [0.1, 0.15) is 5.82 Å². The van der Waals surface area contributed by atoms with Crippen molar-refractivity contribution in [2.24, 2.45) is 0 Å². The summed E-state index contributed by atoms with van der Waals surface area (Å²) in [4.78, 5) is 2.25. The Kier molecular flexibility index (Phi) is 5.83. The second kappa shape index (κ2) is 8.27. The molecule has 0 amide bonds. The summed E-state index contributed by atoms with van der Waals surface area (Å²) in [5.41, 5.74) is 2.79. The average Bonchev–Trinajstić information content (AvgIpc) is 3.11. The Morgan fingerprint density at radius 3 is 2.54 bits per heavy atom. The molecule has 4 heteroatoms. The van der Waals surface area contributed by atoms with Gasteiger partial charge in [-0.05, 0) is 37.0 Å². The van der Waals surface area contributed by atoms with Crippen LogP contribution in [0.1, 0.15) is 24.0 Å². The number of aliphatic hydroxyl groups excluding tert-OH is 1. The molecule has 24 heavy (non-hydrogen) atoms. The monoisotopic (exact) mass is 328 g/mol. The summed E-state index contributed by atoms with van der Waals surface area (Å²) >= 11 is 0. The zero-order valence-electron chi connectivity index (χ0n) is 13.9. The Hall–Kier alpha value is -1.91. The quantitative estimate of drug-likeness (QED) is 0.820. The number of halogens is 1. The van der Waals surface area contributed by atoms with E-state index in [1.807, 2.05) is 36.4 Å². The molecule has 2 N–H and O–H groups in total. The van der Waals surface area contributed by atoms with Crippen LogP contribution in [0.25, 0.3) is 0 Å². The van der Waals surface area contributed by atoms with E-state index < -0.39 is 6.10 Å². The summed E-state index contributed by atoms with van der Waals surface area (Å²) in [6.45, 7) is 2.87. The number of hydrogen-bond donors (Lipinski definition) is 2. The highest BCUT2D eigenvalue weighted by Gasteiger charge is 2.18. The van der Waals surface area contributed by atoms with Crippen molar-refractivity contribution in [3.8, 4) is 0 Å². The summed E-state index contributed by atoms with van der Waals surface area (Å²) in [7, 11) is 0. The van der Waals surface area contributed by atoms with Gasteiger partial charge in [-0.25, -0.2) is 4.39 Å². The van der Waals surface area contributed by atoms with Gasteiger partial charge in [0.05, 0.1) is 6.10 Å². The van der Waals surface area contributed by atoms with Gasteiger partial charge < -0.3 is 15.3 Å². The molecule has 0 aromatic heterocycles. The molecule has 1 atom stereocenters. The first-order valence-corrected chi connectivity index (χ1v) is 8.69. The highest BCUT2D eigenvalue weighted by Crippen LogP contribution is 2.26. The molecule has 1 aliphatic heterocycles. The number of aliphatic hydroxyl groups is 1. The largest absolute Gasteiger partial charge is 0.391 e. The molecular formula is C20H25FN2O. The fraction of sp³-hybridized carbons (Fsp3) is 0.400. The molecule has 1 fully saturated rings. The van der Waals surface area contributed by atoms with Gasteiger partial charge in [0.25, 0.3) is 0 Å². The highest BCUT2D eigenvalue weighted by molar-refractivity contribution is 5.54. The second-order valence-electron chi connectivity index (χ2n) is 6.41. The van der Waals surface area contributed by atoms with Gasteiger partial charge >= 0.3 is 0 Å². The minimum atomic E-state index is -0.477. The van der Waals surface area contributed by atoms with Crippen molar-refractivity contribution in [3.05, 3.63) is 65.5 Å². The molecule has 128 valence electrons. The molecule has 1 saturated heterocycles. The molecule has 0 radical (unpaired) electrons. The first-order valence-electron chi connectivity index (χ1n) is 8.69. The Morgan fingerprint density at radius 1 is 1.04 bits per heavy atom. The van der Waals surface area contributed by atoms with Crippen LogP contribution in [0.5, 0.6) is 0 Å². The van der Waals surface area contributed by atoms with Crippen molar-refractivity contribution in [2.45, 2.75) is 31.9 Å². The Morgan fingerprint density at radius 2 is 1.79 bits per heavy atom. The van der Waals surface area contributed by atoms with Gasteiger partial charge in [-0.2, -0.15) is 0 Å². The average molecular weight is 328 g/mol. The first kappa shape index (κ1) is 16.9. The first-order chi connectivity index (χ1) is 11.7. The van der Waals surface area contributed by atoms with Crippen molar-refractivity contribution in [3.63, 3.8) is 0 Å². The maximum atomic E-state index is 14.2. The van der Waals surface area contributed by atoms with Crippen molar-refractivity contribution >= 4 is 5.69 Å². The normalized spacial score (nSPS) is 15.7. The maximum Gasteiger partial charge on any atom is 0.129 e. The predicted molar refractivity (Wildman–Crippen MR) is 95.7 cm³/mol. The standard InChI is InChI=1S/C20H25FN2O/c21-19-9-6-10-20(23-11-4-5-12-23)18(19)15-22-14-17(24)13-16-7-2-1-3-8-16/h1-3,6-10,17,22,24H,4-5,11-15H2. The summed E-state index contributed by atoms with van der Waals surface area (Å²) in [5, 5.41) is 13.4. The van der Waals surface area contributed by atoms with E-state index in [1.165, 1.54) is 18.9 Å². The molecule has 0 aliphatic carbocycles. The van der Waals surface area contributed by atoms with Gasteiger partial charge in [-0.1, -0.05) is 36.4 Å². The van der Waals surface area contributed by atoms with E-state index in [9.17, 15) is 9.50 Å². The third-order valence-corrected chi connectivity index (χ3v) is 4.54. The summed E-state index contributed by atoms with van der Waals surface area (Å²) in [5.74, 6) is -0.176. The minimum absolute atomic E-state index is 0.176. The summed E-state index contributed by atoms with van der Waals surface area (Å²) < 4.78 is 14.2. The van der Waals surface area contributed by atoms with Crippen LogP contribution >= 0.6 is 0 Å². The van der Waals surface area contributed by atoms with Crippen LogP contribution in [0, 0.1) is 5.82 Å². The van der Waals surface area contributed by atoms with Crippen molar-refractivity contribution in [1.82, 2.24) is 5.32 Å². The minimum Gasteiger partial charge on any atom is -0.391 e. The van der Waals surface area contributed by atoms with Gasteiger partial charge in [-0.15, -0.1) is 0 Å². The van der Waals surface area contributed by atoms with Crippen LogP contribution < -0.4 is 10.2 Å². The molecule has 2 aromatic carbocycles. The number of nitrogens with one attached hydrogen (secondary N) is 1. The molecular weight excluding hydrogens is 303 g/mol. The van der Waals surface area contributed by atoms with E-state index in [0.29, 0.717) is 25.1 Å². The van der Waals surface area contributed by atoms with Crippen LogP contribution in [0.3, 0.4) is 0 Å². The van der Waals surface area contributed by atoms with E-state index >= 15 is 0 Å². The molecule has 2 aromatic rings. The Labute approximate surface area is 143 Å². The van der Waals surface area contributed by atoms with Gasteiger partial charge in [0.2, 0.25) is 0 Å². The molecule has 0 spiro atoms. The van der Waals surface area contributed by atoms with Crippen LogP contribution in [0.4, 0.5) is 10.1 Å². The molecule has 3 nitrogen and oxygen atoms in total. The van der Waals surface area contributed by atoms with Crippen molar-refractivity contribution in [1.29, 1.82) is 0 Å². The van der Waals surface area contributed by atoms with E-state index in [0.717, 1.165) is 24.3 Å². The Bertz CT molecular complexity index is 641. The van der Waals surface area contributed by atoms with Crippen LogP contribution in [-0.2, 0) is 13.0 Å². The molecule has 1 aliphatic rings. The fourth-order valence-electron chi connectivity index (χ4n) is 3.30. The molecule has 1 heterocycles. The smallest absolute Gasteiger partial charge is 0.129 e. The molecule has 3 rings (SSSR count). The van der Waals surface area contributed by atoms with Gasteiger partial charge in [0.15, 0.2) is 0 Å². The van der Waals surface area contributed by atoms with E-state index in [-0.39, 0.29) is 5.82 Å². The van der Waals surface area contributed by atoms with Crippen LogP contribution in [0.2, 0.25) is 0 Å². The lowest BCUT2D eigenvalue weighted by molar-refractivity contribution is 0.171. The second-order valence-corrected chi connectivity index (χ2v) is 6.41. The van der Waals surface area contributed by atoms with Crippen molar-refractivity contribution < 1.29 is 9.50 Å².